The molecule has 0 bridgehead atoms. The lowest BCUT2D eigenvalue weighted by Gasteiger charge is -2.07. The van der Waals surface area contributed by atoms with Crippen molar-refractivity contribution in [2.24, 2.45) is 0 Å². The van der Waals surface area contributed by atoms with Crippen molar-refractivity contribution in [1.29, 1.82) is 5.26 Å². The minimum absolute atomic E-state index is 0.119. The summed E-state index contributed by atoms with van der Waals surface area (Å²) in [5.74, 6) is 1.11. The fourth-order valence-corrected chi connectivity index (χ4v) is 2.09. The lowest BCUT2D eigenvalue weighted by molar-refractivity contribution is 0.0997. The van der Waals surface area contributed by atoms with Crippen LogP contribution in [0, 0.1) is 11.3 Å². The summed E-state index contributed by atoms with van der Waals surface area (Å²) < 4.78 is 5.70. The Labute approximate surface area is 122 Å². The molecule has 4 heteroatoms. The molecule has 0 spiro atoms. The summed E-state index contributed by atoms with van der Waals surface area (Å²) in [6.45, 7) is 0. The van der Waals surface area contributed by atoms with E-state index in [0.717, 1.165) is 4.90 Å². The first kappa shape index (κ1) is 14.2. The quantitative estimate of drug-likeness (QED) is 0.606. The highest BCUT2D eigenvalue weighted by molar-refractivity contribution is 7.98. The number of thioether (sulfide) groups is 1. The Morgan fingerprint density at radius 1 is 1.20 bits per heavy atom. The normalized spacial score (nSPS) is 9.80. The van der Waals surface area contributed by atoms with Crippen molar-refractivity contribution >= 4 is 17.5 Å². The lowest BCUT2D eigenvalue weighted by atomic mass is 10.1. The number of Topliss-reactive ketones (excluding diaryl/α,β-unsaturated/α-hetero) is 1. The summed E-state index contributed by atoms with van der Waals surface area (Å²) in [6.07, 6.45) is 1.89. The van der Waals surface area contributed by atoms with E-state index >= 15 is 0 Å². The van der Waals surface area contributed by atoms with Crippen molar-refractivity contribution in [3.8, 4) is 17.6 Å². The van der Waals surface area contributed by atoms with Gasteiger partial charge in [0.1, 0.15) is 11.5 Å². The third-order valence-corrected chi connectivity index (χ3v) is 3.43. The van der Waals surface area contributed by atoms with Gasteiger partial charge in [-0.25, -0.2) is 0 Å². The molecule has 0 radical (unpaired) electrons. The maximum atomic E-state index is 11.7. The summed E-state index contributed by atoms with van der Waals surface area (Å²) >= 11 is 1.66. The van der Waals surface area contributed by atoms with Crippen molar-refractivity contribution < 1.29 is 9.53 Å². The smallest absolute Gasteiger partial charge is 0.177 e. The number of nitriles is 1. The lowest BCUT2D eigenvalue weighted by Crippen LogP contribution is -1.97. The van der Waals surface area contributed by atoms with Crippen LogP contribution in [0.1, 0.15) is 16.8 Å². The van der Waals surface area contributed by atoms with Crippen molar-refractivity contribution in [2.45, 2.75) is 11.3 Å². The third-order valence-electron chi connectivity index (χ3n) is 2.69. The largest absolute Gasteiger partial charge is 0.457 e. The fraction of sp³-hybridized carbons (Fsp3) is 0.125. The first-order valence-corrected chi connectivity index (χ1v) is 7.27. The van der Waals surface area contributed by atoms with Gasteiger partial charge in [0.05, 0.1) is 12.5 Å². The van der Waals surface area contributed by atoms with Gasteiger partial charge in [-0.3, -0.25) is 4.79 Å². The predicted octanol–water partition coefficient (Wildman–Crippen LogP) is 4.30. The average molecular weight is 283 g/mol. The molecule has 0 amide bonds. The summed E-state index contributed by atoms with van der Waals surface area (Å²) in [6, 6.07) is 16.4. The molecule has 2 rings (SSSR count). The van der Waals surface area contributed by atoms with Crippen LogP contribution < -0.4 is 4.74 Å². The number of carbonyl (C=O) groups is 1. The average Bonchev–Trinajstić information content (AvgIpc) is 2.48. The number of ketones is 1. The van der Waals surface area contributed by atoms with Crippen LogP contribution in [0.3, 0.4) is 0 Å². The molecule has 20 heavy (non-hydrogen) atoms. The van der Waals surface area contributed by atoms with Crippen molar-refractivity contribution in [3.63, 3.8) is 0 Å². The van der Waals surface area contributed by atoms with Crippen LogP contribution in [0.4, 0.5) is 0 Å². The molecule has 0 fully saturated rings. The Morgan fingerprint density at radius 2 is 1.95 bits per heavy atom. The summed E-state index contributed by atoms with van der Waals surface area (Å²) in [5.41, 5.74) is 0.491. The van der Waals surface area contributed by atoms with E-state index in [1.165, 1.54) is 0 Å². The minimum Gasteiger partial charge on any atom is -0.457 e. The van der Waals surface area contributed by atoms with Gasteiger partial charge in [-0.2, -0.15) is 5.26 Å². The summed E-state index contributed by atoms with van der Waals surface area (Å²) in [7, 11) is 0. The molecule has 0 heterocycles. The first-order valence-electron chi connectivity index (χ1n) is 6.05. The van der Waals surface area contributed by atoms with Crippen LogP contribution >= 0.6 is 11.8 Å². The van der Waals surface area contributed by atoms with E-state index in [0.29, 0.717) is 17.1 Å². The molecule has 0 unspecified atom stereocenters. The molecule has 100 valence electrons. The zero-order valence-electron chi connectivity index (χ0n) is 11.0. The van der Waals surface area contributed by atoms with Crippen LogP contribution in [0.25, 0.3) is 0 Å². The van der Waals surface area contributed by atoms with Crippen molar-refractivity contribution in [2.75, 3.05) is 6.26 Å². The first-order chi connectivity index (χ1) is 9.72. The molecule has 0 aliphatic carbocycles. The SMILES string of the molecule is CSc1ccc(Oc2cccc(C(=O)CC#N)c2)cc1. The second-order valence-corrected chi connectivity index (χ2v) is 4.94. The van der Waals surface area contributed by atoms with Crippen LogP contribution in [0.2, 0.25) is 0 Å². The molecule has 0 N–H and O–H groups in total. The summed E-state index contributed by atoms with van der Waals surface area (Å²) in [4.78, 5) is 12.8. The van der Waals surface area contributed by atoms with Gasteiger partial charge >= 0.3 is 0 Å². The van der Waals surface area contributed by atoms with Crippen LogP contribution in [-0.2, 0) is 0 Å². The maximum absolute atomic E-state index is 11.7. The standard InChI is InChI=1S/C16H13NO2S/c1-20-15-7-5-13(6-8-15)19-14-4-2-3-12(11-14)16(18)9-10-17/h2-8,11H,9H2,1H3. The van der Waals surface area contributed by atoms with E-state index in [1.54, 1.807) is 36.0 Å². The molecule has 0 aromatic heterocycles. The highest BCUT2D eigenvalue weighted by Gasteiger charge is 2.06. The van der Waals surface area contributed by atoms with Gasteiger partial charge in [-0.1, -0.05) is 12.1 Å². The van der Waals surface area contributed by atoms with Crippen LogP contribution in [0.5, 0.6) is 11.5 Å². The molecule has 2 aromatic carbocycles. The topological polar surface area (TPSA) is 50.1 Å². The monoisotopic (exact) mass is 283 g/mol. The molecule has 3 nitrogen and oxygen atoms in total. The second kappa shape index (κ2) is 6.78. The molecule has 0 saturated heterocycles. The van der Waals surface area contributed by atoms with Gasteiger partial charge in [-0.15, -0.1) is 11.8 Å². The number of ether oxygens (including phenoxy) is 1. The zero-order valence-corrected chi connectivity index (χ0v) is 11.8. The Kier molecular flexibility index (Phi) is 4.80. The third kappa shape index (κ3) is 3.62. The molecule has 0 saturated carbocycles. The number of rotatable bonds is 5. The number of nitrogens with zero attached hydrogens (tertiary/aromatic N) is 1. The van der Waals surface area contributed by atoms with Gasteiger partial charge in [0.2, 0.25) is 0 Å². The Morgan fingerprint density at radius 3 is 2.60 bits per heavy atom. The molecule has 0 aliphatic rings. The minimum atomic E-state index is -0.198. The summed E-state index contributed by atoms with van der Waals surface area (Å²) in [5, 5.41) is 8.55. The van der Waals surface area contributed by atoms with E-state index in [4.69, 9.17) is 10.00 Å². The van der Waals surface area contributed by atoms with Crippen molar-refractivity contribution in [1.82, 2.24) is 0 Å². The van der Waals surface area contributed by atoms with Gasteiger partial charge < -0.3 is 4.74 Å². The van der Waals surface area contributed by atoms with Gasteiger partial charge in [0, 0.05) is 10.5 Å². The van der Waals surface area contributed by atoms with E-state index in [2.05, 4.69) is 0 Å². The Hall–Kier alpha value is -2.25. The number of benzene rings is 2. The number of hydrogen-bond donors (Lipinski definition) is 0. The Bertz CT molecular complexity index is 644. The zero-order chi connectivity index (χ0) is 14.4. The molecule has 2 aromatic rings. The molecular formula is C16H13NO2S. The van der Waals surface area contributed by atoms with E-state index in [1.807, 2.05) is 36.6 Å². The van der Waals surface area contributed by atoms with Crippen LogP contribution in [-0.4, -0.2) is 12.0 Å². The van der Waals surface area contributed by atoms with Crippen molar-refractivity contribution in [3.05, 3.63) is 54.1 Å². The highest BCUT2D eigenvalue weighted by Crippen LogP contribution is 2.25. The molecule has 0 aliphatic heterocycles. The fourth-order valence-electron chi connectivity index (χ4n) is 1.69. The highest BCUT2D eigenvalue weighted by atomic mass is 32.2. The second-order valence-electron chi connectivity index (χ2n) is 4.06. The van der Waals surface area contributed by atoms with Gasteiger partial charge in [-0.05, 0) is 42.7 Å². The van der Waals surface area contributed by atoms with Crippen LogP contribution in [0.15, 0.2) is 53.4 Å². The van der Waals surface area contributed by atoms with Gasteiger partial charge in [0.25, 0.3) is 0 Å². The van der Waals surface area contributed by atoms with Gasteiger partial charge in [0.15, 0.2) is 5.78 Å². The predicted molar refractivity (Wildman–Crippen MR) is 79.3 cm³/mol. The van der Waals surface area contributed by atoms with E-state index in [9.17, 15) is 4.79 Å². The van der Waals surface area contributed by atoms with E-state index < -0.39 is 0 Å². The maximum Gasteiger partial charge on any atom is 0.177 e. The molecule has 0 atom stereocenters. The molecular weight excluding hydrogens is 270 g/mol. The Balaban J connectivity index is 2.15. The number of hydrogen-bond acceptors (Lipinski definition) is 4. The number of carbonyl (C=O) groups excluding carboxylic acids is 1. The van der Waals surface area contributed by atoms with E-state index in [-0.39, 0.29) is 12.2 Å².